The Morgan fingerprint density at radius 2 is 2.12 bits per heavy atom. The van der Waals surface area contributed by atoms with Gasteiger partial charge in [-0.3, -0.25) is 0 Å². The lowest BCUT2D eigenvalue weighted by molar-refractivity contribution is 0.0256. The average Bonchev–Trinajstić information content (AvgIpc) is 2.33. The summed E-state index contributed by atoms with van der Waals surface area (Å²) in [6.45, 7) is 1.49. The van der Waals surface area contributed by atoms with E-state index in [1.807, 2.05) is 12.1 Å². The van der Waals surface area contributed by atoms with Gasteiger partial charge in [-0.2, -0.15) is 0 Å². The first-order chi connectivity index (χ1) is 7.79. The first kappa shape index (κ1) is 11.7. The Labute approximate surface area is 99.9 Å². The normalized spacial score (nSPS) is 17.4. The quantitative estimate of drug-likeness (QED) is 0.885. The molecular weight excluding hydrogens is 228 g/mol. The van der Waals surface area contributed by atoms with Crippen LogP contribution in [-0.4, -0.2) is 24.4 Å². The second-order valence-electron chi connectivity index (χ2n) is 3.85. The Bertz CT molecular complexity index is 348. The first-order valence-electron chi connectivity index (χ1n) is 5.43. The topological polar surface area (TPSA) is 38.7 Å². The molecular formula is C12H15ClO3. The molecule has 3 nitrogen and oxygen atoms in total. The minimum atomic E-state index is -0.00271. The second kappa shape index (κ2) is 5.53. The number of hydrogen-bond acceptors (Lipinski definition) is 3. The van der Waals surface area contributed by atoms with Gasteiger partial charge in [0, 0.05) is 12.8 Å². The van der Waals surface area contributed by atoms with Crippen LogP contribution in [0.5, 0.6) is 5.75 Å². The third-order valence-electron chi connectivity index (χ3n) is 2.64. The molecule has 1 aliphatic heterocycles. The highest BCUT2D eigenvalue weighted by Crippen LogP contribution is 2.28. The predicted octanol–water partition coefficient (Wildman–Crippen LogP) is 2.39. The Morgan fingerprint density at radius 1 is 1.38 bits per heavy atom. The van der Waals surface area contributed by atoms with Crippen molar-refractivity contribution in [3.8, 4) is 5.75 Å². The lowest BCUT2D eigenvalue weighted by Gasteiger charge is -2.23. The molecule has 2 rings (SSSR count). The average molecular weight is 243 g/mol. The van der Waals surface area contributed by atoms with Gasteiger partial charge in [0.2, 0.25) is 0 Å². The molecule has 0 unspecified atom stereocenters. The maximum absolute atomic E-state index is 8.96. The smallest absolute Gasteiger partial charge is 0.138 e. The van der Waals surface area contributed by atoms with Crippen LogP contribution in [0.15, 0.2) is 18.2 Å². The lowest BCUT2D eigenvalue weighted by Crippen LogP contribution is -2.25. The van der Waals surface area contributed by atoms with Crippen molar-refractivity contribution < 1.29 is 14.6 Å². The number of rotatable bonds is 3. The number of aliphatic hydroxyl groups excluding tert-OH is 1. The van der Waals surface area contributed by atoms with Crippen LogP contribution in [0.3, 0.4) is 0 Å². The summed E-state index contributed by atoms with van der Waals surface area (Å²) < 4.78 is 11.1. The summed E-state index contributed by atoms with van der Waals surface area (Å²) >= 11 is 6.06. The van der Waals surface area contributed by atoms with Gasteiger partial charge in [-0.15, -0.1) is 0 Å². The summed E-state index contributed by atoms with van der Waals surface area (Å²) in [5, 5.41) is 9.51. The van der Waals surface area contributed by atoms with Gasteiger partial charge in [0.1, 0.15) is 11.9 Å². The molecule has 0 aliphatic carbocycles. The van der Waals surface area contributed by atoms with Crippen molar-refractivity contribution in [3.63, 3.8) is 0 Å². The van der Waals surface area contributed by atoms with Crippen LogP contribution in [0.2, 0.25) is 5.02 Å². The molecule has 16 heavy (non-hydrogen) atoms. The minimum absolute atomic E-state index is 0.00271. The van der Waals surface area contributed by atoms with Crippen LogP contribution in [0, 0.1) is 0 Å². The lowest BCUT2D eigenvalue weighted by atomic mass is 10.1. The number of hydrogen-bond donors (Lipinski definition) is 1. The Kier molecular flexibility index (Phi) is 4.04. The highest BCUT2D eigenvalue weighted by molar-refractivity contribution is 6.32. The fourth-order valence-electron chi connectivity index (χ4n) is 1.71. The fraction of sp³-hybridized carbons (Fsp3) is 0.500. The molecule has 1 heterocycles. The van der Waals surface area contributed by atoms with Crippen LogP contribution < -0.4 is 4.74 Å². The Morgan fingerprint density at radius 3 is 2.75 bits per heavy atom. The van der Waals surface area contributed by atoms with Gasteiger partial charge in [-0.25, -0.2) is 0 Å². The number of ether oxygens (including phenoxy) is 2. The molecule has 0 spiro atoms. The molecule has 0 amide bonds. The van der Waals surface area contributed by atoms with Crippen LogP contribution in [-0.2, 0) is 11.3 Å². The largest absolute Gasteiger partial charge is 0.489 e. The predicted molar refractivity (Wildman–Crippen MR) is 61.8 cm³/mol. The first-order valence-corrected chi connectivity index (χ1v) is 5.81. The van der Waals surface area contributed by atoms with Gasteiger partial charge in [-0.1, -0.05) is 17.7 Å². The second-order valence-corrected chi connectivity index (χ2v) is 4.26. The van der Waals surface area contributed by atoms with E-state index in [2.05, 4.69) is 0 Å². The third-order valence-corrected chi connectivity index (χ3v) is 2.94. The molecule has 1 aliphatic rings. The molecule has 1 aromatic rings. The van der Waals surface area contributed by atoms with Gasteiger partial charge in [0.25, 0.3) is 0 Å². The van der Waals surface area contributed by atoms with Crippen molar-refractivity contribution in [3.05, 3.63) is 28.8 Å². The van der Waals surface area contributed by atoms with Crippen molar-refractivity contribution in [2.24, 2.45) is 0 Å². The molecule has 1 saturated heterocycles. The monoisotopic (exact) mass is 242 g/mol. The van der Waals surface area contributed by atoms with Gasteiger partial charge in [0.15, 0.2) is 0 Å². The van der Waals surface area contributed by atoms with E-state index in [0.29, 0.717) is 10.8 Å². The Balaban J connectivity index is 2.03. The van der Waals surface area contributed by atoms with E-state index in [1.54, 1.807) is 6.07 Å². The van der Waals surface area contributed by atoms with Gasteiger partial charge in [-0.05, 0) is 17.7 Å². The summed E-state index contributed by atoms with van der Waals surface area (Å²) in [7, 11) is 0. The van der Waals surface area contributed by atoms with E-state index >= 15 is 0 Å². The molecule has 0 bridgehead atoms. The zero-order valence-electron chi connectivity index (χ0n) is 8.99. The van der Waals surface area contributed by atoms with E-state index in [-0.39, 0.29) is 12.7 Å². The highest BCUT2D eigenvalue weighted by Gasteiger charge is 2.16. The minimum Gasteiger partial charge on any atom is -0.489 e. The summed E-state index contributed by atoms with van der Waals surface area (Å²) in [5.41, 5.74) is 0.796. The molecule has 4 heteroatoms. The molecule has 1 N–H and O–H groups in total. The van der Waals surface area contributed by atoms with Crippen LogP contribution >= 0.6 is 11.6 Å². The summed E-state index contributed by atoms with van der Waals surface area (Å²) in [6, 6.07) is 5.36. The van der Waals surface area contributed by atoms with Gasteiger partial charge >= 0.3 is 0 Å². The summed E-state index contributed by atoms with van der Waals surface area (Å²) in [4.78, 5) is 0. The standard InChI is InChI=1S/C12H15ClO3/c13-11-7-9(8-14)1-2-12(11)16-10-3-5-15-6-4-10/h1-2,7,10,14H,3-6,8H2. The molecule has 0 saturated carbocycles. The van der Waals surface area contributed by atoms with Crippen LogP contribution in [0.25, 0.3) is 0 Å². The molecule has 1 aromatic carbocycles. The Hall–Kier alpha value is -0.770. The molecule has 0 radical (unpaired) electrons. The van der Waals surface area contributed by atoms with E-state index < -0.39 is 0 Å². The molecule has 0 aromatic heterocycles. The van der Waals surface area contributed by atoms with Crippen molar-refractivity contribution in [1.82, 2.24) is 0 Å². The number of benzene rings is 1. The summed E-state index contributed by atoms with van der Waals surface area (Å²) in [6.07, 6.45) is 1.99. The maximum atomic E-state index is 8.96. The molecule has 0 atom stereocenters. The zero-order valence-corrected chi connectivity index (χ0v) is 9.74. The van der Waals surface area contributed by atoms with Crippen molar-refractivity contribution >= 4 is 11.6 Å². The van der Waals surface area contributed by atoms with Gasteiger partial charge < -0.3 is 14.6 Å². The fourth-order valence-corrected chi connectivity index (χ4v) is 1.96. The molecule has 1 fully saturated rings. The summed E-state index contributed by atoms with van der Waals surface area (Å²) in [5.74, 6) is 0.686. The third kappa shape index (κ3) is 2.88. The van der Waals surface area contributed by atoms with Crippen LogP contribution in [0.4, 0.5) is 0 Å². The van der Waals surface area contributed by atoms with Crippen molar-refractivity contribution in [1.29, 1.82) is 0 Å². The number of aliphatic hydroxyl groups is 1. The maximum Gasteiger partial charge on any atom is 0.138 e. The highest BCUT2D eigenvalue weighted by atomic mass is 35.5. The van der Waals surface area contributed by atoms with Crippen molar-refractivity contribution in [2.75, 3.05) is 13.2 Å². The molecule has 88 valence electrons. The van der Waals surface area contributed by atoms with E-state index in [9.17, 15) is 0 Å². The van der Waals surface area contributed by atoms with E-state index in [0.717, 1.165) is 31.6 Å². The zero-order chi connectivity index (χ0) is 11.4. The van der Waals surface area contributed by atoms with E-state index in [1.165, 1.54) is 0 Å². The number of halogens is 1. The van der Waals surface area contributed by atoms with Crippen LogP contribution in [0.1, 0.15) is 18.4 Å². The SMILES string of the molecule is OCc1ccc(OC2CCOCC2)c(Cl)c1. The van der Waals surface area contributed by atoms with Crippen molar-refractivity contribution in [2.45, 2.75) is 25.6 Å². The van der Waals surface area contributed by atoms with E-state index in [4.69, 9.17) is 26.2 Å². The van der Waals surface area contributed by atoms with Gasteiger partial charge in [0.05, 0.1) is 24.8 Å².